The van der Waals surface area contributed by atoms with Gasteiger partial charge in [0.15, 0.2) is 11.5 Å². The monoisotopic (exact) mass is 261 g/mol. The van der Waals surface area contributed by atoms with Gasteiger partial charge in [-0.1, -0.05) is 0 Å². The Morgan fingerprint density at radius 3 is 2.42 bits per heavy atom. The van der Waals surface area contributed by atoms with Crippen molar-refractivity contribution >= 4 is 0 Å². The van der Waals surface area contributed by atoms with Gasteiger partial charge in [0, 0.05) is 5.41 Å². The summed E-state index contributed by atoms with van der Waals surface area (Å²) in [6.07, 6.45) is 5.77. The minimum Gasteiger partial charge on any atom is -0.489 e. The summed E-state index contributed by atoms with van der Waals surface area (Å²) in [7, 11) is 0. The van der Waals surface area contributed by atoms with E-state index in [0.717, 1.165) is 50.5 Å². The molecular weight excluding hydrogens is 238 g/mol. The van der Waals surface area contributed by atoms with Crippen LogP contribution in [-0.4, -0.2) is 19.8 Å². The first-order chi connectivity index (χ1) is 9.22. The summed E-state index contributed by atoms with van der Waals surface area (Å²) >= 11 is 0. The van der Waals surface area contributed by atoms with Gasteiger partial charge >= 0.3 is 0 Å². The van der Waals surface area contributed by atoms with Crippen molar-refractivity contribution in [1.82, 2.24) is 0 Å². The number of hydrogen-bond acceptors (Lipinski definition) is 3. The van der Waals surface area contributed by atoms with E-state index in [1.807, 2.05) is 0 Å². The molecule has 2 N–H and O–H groups in total. The Morgan fingerprint density at radius 1 is 1.11 bits per heavy atom. The van der Waals surface area contributed by atoms with E-state index >= 15 is 0 Å². The Bertz CT molecular complexity index is 466. The number of rotatable bonds is 4. The number of aryl methyl sites for hydroxylation is 2. The Morgan fingerprint density at radius 2 is 1.79 bits per heavy atom. The minimum atomic E-state index is 0.312. The first kappa shape index (κ1) is 12.8. The summed E-state index contributed by atoms with van der Waals surface area (Å²) in [5.74, 6) is 1.85. The Balaban J connectivity index is 1.76. The molecule has 1 fully saturated rings. The largest absolute Gasteiger partial charge is 0.489 e. The Kier molecular flexibility index (Phi) is 3.40. The van der Waals surface area contributed by atoms with E-state index in [1.54, 1.807) is 0 Å². The fourth-order valence-corrected chi connectivity index (χ4v) is 2.63. The van der Waals surface area contributed by atoms with E-state index in [4.69, 9.17) is 15.2 Å². The maximum atomic E-state index is 5.98. The van der Waals surface area contributed by atoms with E-state index in [0.29, 0.717) is 5.41 Å². The van der Waals surface area contributed by atoms with Crippen molar-refractivity contribution in [2.24, 2.45) is 11.1 Å². The number of benzene rings is 1. The number of ether oxygens (including phenoxy) is 2. The minimum absolute atomic E-state index is 0.312. The molecule has 1 aliphatic carbocycles. The summed E-state index contributed by atoms with van der Waals surface area (Å²) in [6, 6.07) is 4.30. The van der Waals surface area contributed by atoms with Gasteiger partial charge in [0.25, 0.3) is 0 Å². The van der Waals surface area contributed by atoms with Crippen LogP contribution in [0.2, 0.25) is 0 Å². The predicted molar refractivity (Wildman–Crippen MR) is 75.8 cm³/mol. The van der Waals surface area contributed by atoms with Crippen molar-refractivity contribution in [3.63, 3.8) is 0 Å². The van der Waals surface area contributed by atoms with E-state index < -0.39 is 0 Å². The van der Waals surface area contributed by atoms with Crippen LogP contribution in [0, 0.1) is 12.3 Å². The van der Waals surface area contributed by atoms with Crippen molar-refractivity contribution in [2.75, 3.05) is 19.8 Å². The highest BCUT2D eigenvalue weighted by Gasteiger charge is 2.46. The number of hydrogen-bond donors (Lipinski definition) is 1. The third-order valence-electron chi connectivity index (χ3n) is 4.33. The molecule has 3 rings (SSSR count). The summed E-state index contributed by atoms with van der Waals surface area (Å²) in [5.41, 5.74) is 8.53. The third kappa shape index (κ3) is 2.71. The molecule has 1 spiro atoms. The van der Waals surface area contributed by atoms with Crippen molar-refractivity contribution in [3.05, 3.63) is 23.3 Å². The zero-order valence-electron chi connectivity index (χ0n) is 11.7. The molecule has 1 heterocycles. The molecule has 2 aliphatic rings. The van der Waals surface area contributed by atoms with Crippen LogP contribution in [0.15, 0.2) is 12.1 Å². The summed E-state index contributed by atoms with van der Waals surface area (Å²) < 4.78 is 11.9. The normalized spacial score (nSPS) is 19.3. The lowest BCUT2D eigenvalue weighted by Crippen LogP contribution is -2.17. The topological polar surface area (TPSA) is 44.5 Å². The van der Waals surface area contributed by atoms with Gasteiger partial charge in [-0.15, -0.1) is 0 Å². The van der Waals surface area contributed by atoms with Crippen molar-refractivity contribution in [2.45, 2.75) is 39.0 Å². The zero-order valence-corrected chi connectivity index (χ0v) is 11.7. The van der Waals surface area contributed by atoms with Crippen molar-refractivity contribution in [3.8, 4) is 11.5 Å². The third-order valence-corrected chi connectivity index (χ3v) is 4.33. The molecule has 1 aliphatic heterocycles. The second kappa shape index (κ2) is 5.04. The molecule has 1 saturated carbocycles. The average molecular weight is 261 g/mol. The van der Waals surface area contributed by atoms with Gasteiger partial charge in [-0.2, -0.15) is 0 Å². The maximum Gasteiger partial charge on any atom is 0.161 e. The molecule has 104 valence electrons. The van der Waals surface area contributed by atoms with Crippen LogP contribution in [0.3, 0.4) is 0 Å². The summed E-state index contributed by atoms with van der Waals surface area (Å²) in [4.78, 5) is 0. The molecule has 19 heavy (non-hydrogen) atoms. The van der Waals surface area contributed by atoms with Gasteiger partial charge in [-0.05, 0) is 68.8 Å². The van der Waals surface area contributed by atoms with E-state index in [-0.39, 0.29) is 0 Å². The first-order valence-electron chi connectivity index (χ1n) is 7.32. The highest BCUT2D eigenvalue weighted by Crippen LogP contribution is 2.49. The van der Waals surface area contributed by atoms with Crippen LogP contribution < -0.4 is 15.2 Å². The molecule has 0 unspecified atom stereocenters. The SMILES string of the molecule is Cc1cc2c(cc1CCCCN)OCC1(CC1)CO2. The summed E-state index contributed by atoms with van der Waals surface area (Å²) in [6.45, 7) is 4.54. The van der Waals surface area contributed by atoms with Crippen LogP contribution in [-0.2, 0) is 6.42 Å². The first-order valence-corrected chi connectivity index (χ1v) is 7.32. The molecule has 0 bridgehead atoms. The lowest BCUT2D eigenvalue weighted by atomic mass is 10.0. The van der Waals surface area contributed by atoms with Crippen molar-refractivity contribution in [1.29, 1.82) is 0 Å². The highest BCUT2D eigenvalue weighted by atomic mass is 16.5. The maximum absolute atomic E-state index is 5.98. The second-order valence-corrected chi connectivity index (χ2v) is 6.05. The van der Waals surface area contributed by atoms with Crippen LogP contribution in [0.4, 0.5) is 0 Å². The molecule has 0 amide bonds. The number of nitrogens with two attached hydrogens (primary N) is 1. The number of fused-ring (bicyclic) bond motifs is 1. The average Bonchev–Trinajstić information content (AvgIpc) is 3.19. The molecule has 1 aromatic carbocycles. The molecule has 0 aromatic heterocycles. The highest BCUT2D eigenvalue weighted by molar-refractivity contribution is 5.47. The molecule has 3 heteroatoms. The molecule has 0 radical (unpaired) electrons. The van der Waals surface area contributed by atoms with Crippen LogP contribution in [0.1, 0.15) is 36.8 Å². The van der Waals surface area contributed by atoms with Crippen LogP contribution in [0.25, 0.3) is 0 Å². The summed E-state index contributed by atoms with van der Waals surface area (Å²) in [5, 5.41) is 0. The fourth-order valence-electron chi connectivity index (χ4n) is 2.63. The smallest absolute Gasteiger partial charge is 0.161 e. The van der Waals surface area contributed by atoms with E-state index in [1.165, 1.54) is 24.0 Å². The van der Waals surface area contributed by atoms with Crippen molar-refractivity contribution < 1.29 is 9.47 Å². The number of unbranched alkanes of at least 4 members (excludes halogenated alkanes) is 1. The molecule has 0 atom stereocenters. The zero-order chi connectivity index (χ0) is 13.3. The molecule has 1 aromatic rings. The van der Waals surface area contributed by atoms with Gasteiger partial charge in [-0.3, -0.25) is 0 Å². The van der Waals surface area contributed by atoms with Crippen LogP contribution in [0.5, 0.6) is 11.5 Å². The standard InChI is InChI=1S/C16H23NO2/c1-12-8-14-15(9-13(12)4-2-3-7-17)19-11-16(5-6-16)10-18-14/h8-9H,2-7,10-11,17H2,1H3. The van der Waals surface area contributed by atoms with Gasteiger partial charge < -0.3 is 15.2 Å². The fraction of sp³-hybridized carbons (Fsp3) is 0.625. The van der Waals surface area contributed by atoms with Gasteiger partial charge in [0.1, 0.15) is 0 Å². The van der Waals surface area contributed by atoms with Gasteiger partial charge in [0.05, 0.1) is 13.2 Å². The molecule has 3 nitrogen and oxygen atoms in total. The Labute approximate surface area is 115 Å². The molecular formula is C16H23NO2. The van der Waals surface area contributed by atoms with Crippen LogP contribution >= 0.6 is 0 Å². The molecule has 0 saturated heterocycles. The van der Waals surface area contributed by atoms with Gasteiger partial charge in [-0.25, -0.2) is 0 Å². The lowest BCUT2D eigenvalue weighted by molar-refractivity contribution is 0.197. The lowest BCUT2D eigenvalue weighted by Gasteiger charge is -2.12. The predicted octanol–water partition coefficient (Wildman–Crippen LogP) is 2.83. The second-order valence-electron chi connectivity index (χ2n) is 6.05. The van der Waals surface area contributed by atoms with E-state index in [2.05, 4.69) is 19.1 Å². The Hall–Kier alpha value is -1.22. The van der Waals surface area contributed by atoms with Gasteiger partial charge in [0.2, 0.25) is 0 Å². The quantitative estimate of drug-likeness (QED) is 0.848. The van der Waals surface area contributed by atoms with E-state index in [9.17, 15) is 0 Å².